The van der Waals surface area contributed by atoms with E-state index in [4.69, 9.17) is 13.0 Å². The number of carbonyl (C=O) groups excluding carboxylic acids is 1. The molecule has 3 heteroatoms. The van der Waals surface area contributed by atoms with E-state index in [0.717, 1.165) is 29.0 Å². The maximum atomic E-state index is 11.8. The lowest BCUT2D eigenvalue weighted by Gasteiger charge is -2.37. The van der Waals surface area contributed by atoms with Crippen LogP contribution in [0.5, 0.6) is 0 Å². The van der Waals surface area contributed by atoms with Crippen LogP contribution in [0.4, 0.5) is 0 Å². The van der Waals surface area contributed by atoms with Gasteiger partial charge < -0.3 is 4.90 Å². The van der Waals surface area contributed by atoms with Crippen molar-refractivity contribution in [2.24, 2.45) is 0 Å². The number of hydrogen-bond donors (Lipinski definition) is 0. The Morgan fingerprint density at radius 1 is 1.53 bits per heavy atom. The fourth-order valence-corrected chi connectivity index (χ4v) is 2.91. The fourth-order valence-electron chi connectivity index (χ4n) is 2.72. The minimum atomic E-state index is 0.0474. The first kappa shape index (κ1) is 9.72. The van der Waals surface area contributed by atoms with E-state index in [1.54, 1.807) is 4.90 Å². The molecule has 0 fully saturated rings. The first-order chi connectivity index (χ1) is 8.58. The van der Waals surface area contributed by atoms with Gasteiger partial charge in [-0.25, -0.2) is 0 Å². The molecule has 0 aromatic heterocycles. The monoisotopic (exact) mass is 248 g/mol. The molecule has 0 bridgehead atoms. The van der Waals surface area contributed by atoms with E-state index >= 15 is 0 Å². The molecule has 0 radical (unpaired) electrons. The molecule has 3 rings (SSSR count). The van der Waals surface area contributed by atoms with Crippen LogP contribution in [-0.2, 0) is 11.2 Å². The highest BCUT2D eigenvalue weighted by Gasteiger charge is 2.32. The van der Waals surface area contributed by atoms with Crippen molar-refractivity contribution in [3.8, 4) is 0 Å². The maximum absolute atomic E-state index is 11.8. The quantitative estimate of drug-likeness (QED) is 0.691. The zero-order valence-corrected chi connectivity index (χ0v) is 10.4. The molecule has 1 heterocycles. The normalized spacial score (nSPS) is 24.4. The number of benzene rings is 1. The Morgan fingerprint density at radius 3 is 3.18 bits per heavy atom. The summed E-state index contributed by atoms with van der Waals surface area (Å²) in [5.74, 6) is 0.0474. The average molecular weight is 249 g/mol. The highest BCUT2D eigenvalue weighted by atomic mass is 35.5. The highest BCUT2D eigenvalue weighted by molar-refractivity contribution is 6.30. The molecule has 1 unspecified atom stereocenters. The lowest BCUT2D eigenvalue weighted by Crippen LogP contribution is -2.42. The number of amides is 1. The van der Waals surface area contributed by atoms with Crippen molar-refractivity contribution in [1.82, 2.24) is 4.90 Å². The molecule has 0 spiro atoms. The van der Waals surface area contributed by atoms with E-state index in [2.05, 4.69) is 0 Å². The number of nitrogens with zero attached hydrogens (tertiary/aromatic N) is 1. The third-order valence-corrected chi connectivity index (χ3v) is 3.90. The number of hydrogen-bond acceptors (Lipinski definition) is 1. The van der Waals surface area contributed by atoms with Crippen molar-refractivity contribution < 1.29 is 6.17 Å². The van der Waals surface area contributed by atoms with Crippen LogP contribution < -0.4 is 0 Å². The van der Waals surface area contributed by atoms with Crippen LogP contribution in [0, 0.1) is 0 Å². The molecule has 17 heavy (non-hydrogen) atoms. The number of aryl methyl sites for hydroxylation is 1. The van der Waals surface area contributed by atoms with E-state index in [1.165, 1.54) is 5.56 Å². The largest absolute Gasteiger partial charge is 0.338 e. The summed E-state index contributed by atoms with van der Waals surface area (Å²) < 4.78 is 8.10. The van der Waals surface area contributed by atoms with Crippen LogP contribution in [0.3, 0.4) is 0 Å². The van der Waals surface area contributed by atoms with Crippen LogP contribution in [0.1, 0.15) is 25.3 Å². The zero-order chi connectivity index (χ0) is 12.9. The van der Waals surface area contributed by atoms with Gasteiger partial charge >= 0.3 is 0 Å². The molecule has 1 aliphatic carbocycles. The average Bonchev–Trinajstić information content (AvgIpc) is 2.34. The fraction of sp³-hybridized carbons (Fsp3) is 0.357. The van der Waals surface area contributed by atoms with Gasteiger partial charge in [0.25, 0.3) is 0 Å². The highest BCUT2D eigenvalue weighted by Crippen LogP contribution is 2.37. The van der Waals surface area contributed by atoms with E-state index in [9.17, 15) is 4.79 Å². The topological polar surface area (TPSA) is 20.3 Å². The first-order valence-electron chi connectivity index (χ1n) is 6.32. The lowest BCUT2D eigenvalue weighted by molar-refractivity contribution is -0.130. The van der Waals surface area contributed by atoms with Gasteiger partial charge in [0, 0.05) is 18.5 Å². The second-order valence-electron chi connectivity index (χ2n) is 4.63. The van der Waals surface area contributed by atoms with Gasteiger partial charge in [0.2, 0.25) is 5.91 Å². The third-order valence-electron chi connectivity index (χ3n) is 3.67. The van der Waals surface area contributed by atoms with Crippen molar-refractivity contribution >= 4 is 23.1 Å². The predicted molar refractivity (Wildman–Crippen MR) is 68.9 cm³/mol. The smallest absolute Gasteiger partial charge is 0.226 e. The van der Waals surface area contributed by atoms with Crippen LogP contribution in [0.15, 0.2) is 24.3 Å². The van der Waals surface area contributed by atoms with Crippen LogP contribution in [0.2, 0.25) is 5.02 Å². The van der Waals surface area contributed by atoms with Gasteiger partial charge in [-0.15, -0.1) is 0 Å². The molecule has 1 amide bonds. The van der Waals surface area contributed by atoms with Gasteiger partial charge in [0.05, 0.1) is 7.41 Å². The van der Waals surface area contributed by atoms with Gasteiger partial charge in [-0.2, -0.15) is 0 Å². The van der Waals surface area contributed by atoms with Gasteiger partial charge in [-0.05, 0) is 41.7 Å². The number of carbonyl (C=O) groups is 1. The van der Waals surface area contributed by atoms with Gasteiger partial charge in [-0.3, -0.25) is 4.79 Å². The first-order valence-corrected chi connectivity index (χ1v) is 6.20. The summed E-state index contributed by atoms with van der Waals surface area (Å²) in [6, 6.07) is 6.35. The Kier molecular flexibility index (Phi) is 2.22. The summed E-state index contributed by atoms with van der Waals surface area (Å²) in [5, 5.41) is 0.736. The standard InChI is InChI=1S/C14H14ClNO/c1-16-13-6-2-9-8-10(15)3-4-11(9)12(13)5-7-14(16)17/h3-5,8,13H,2,6-7H2,1H3/i5D. The molecule has 1 aromatic carbocycles. The molecule has 0 N–H and O–H groups in total. The Bertz CT molecular complexity index is 567. The van der Waals surface area contributed by atoms with Crippen molar-refractivity contribution in [2.45, 2.75) is 25.3 Å². The van der Waals surface area contributed by atoms with E-state index in [1.807, 2.05) is 25.2 Å². The number of rotatable bonds is 0. The maximum Gasteiger partial charge on any atom is 0.226 e. The number of halogens is 1. The van der Waals surface area contributed by atoms with Gasteiger partial charge in [-0.1, -0.05) is 23.7 Å². The number of fused-ring (bicyclic) bond motifs is 3. The molecular weight excluding hydrogens is 234 g/mol. The summed E-state index contributed by atoms with van der Waals surface area (Å²) >= 11 is 6.01. The Morgan fingerprint density at radius 2 is 2.35 bits per heavy atom. The minimum absolute atomic E-state index is 0.0474. The zero-order valence-electron chi connectivity index (χ0n) is 10.7. The van der Waals surface area contributed by atoms with Crippen LogP contribution in [-0.4, -0.2) is 23.9 Å². The second-order valence-corrected chi connectivity index (χ2v) is 5.06. The van der Waals surface area contributed by atoms with Crippen LogP contribution in [0.25, 0.3) is 5.57 Å². The predicted octanol–water partition coefficient (Wildman–Crippen LogP) is 2.90. The van der Waals surface area contributed by atoms with Crippen molar-refractivity contribution in [1.29, 1.82) is 0 Å². The molecule has 2 nitrogen and oxygen atoms in total. The van der Waals surface area contributed by atoms with Crippen molar-refractivity contribution in [2.75, 3.05) is 7.05 Å². The summed E-state index contributed by atoms with van der Waals surface area (Å²) in [4.78, 5) is 13.6. The summed E-state index contributed by atoms with van der Waals surface area (Å²) in [7, 11) is 1.83. The van der Waals surface area contributed by atoms with Gasteiger partial charge in [0.15, 0.2) is 0 Å². The summed E-state index contributed by atoms with van der Waals surface area (Å²) in [6.07, 6.45) is 2.01. The van der Waals surface area contributed by atoms with Crippen molar-refractivity contribution in [3.05, 3.63) is 40.4 Å². The van der Waals surface area contributed by atoms with E-state index in [-0.39, 0.29) is 18.4 Å². The summed E-state index contributed by atoms with van der Waals surface area (Å²) in [5.41, 5.74) is 3.30. The Labute approximate surface area is 107 Å². The molecule has 0 saturated heterocycles. The molecule has 1 aliphatic heterocycles. The Hall–Kier alpha value is -1.28. The molecule has 1 aromatic rings. The number of likely N-dealkylation sites (N-methyl/N-ethyl adjacent to an activating group) is 1. The van der Waals surface area contributed by atoms with Crippen molar-refractivity contribution in [3.63, 3.8) is 0 Å². The van der Waals surface area contributed by atoms with Gasteiger partial charge in [0.1, 0.15) is 0 Å². The second kappa shape index (κ2) is 3.88. The molecular formula is C14H14ClNO. The SMILES string of the molecule is [2H]C1=C2c3ccc(Cl)cc3CCC2N(C)C(=O)C1. The lowest BCUT2D eigenvalue weighted by atomic mass is 9.81. The molecule has 0 saturated carbocycles. The van der Waals surface area contributed by atoms with Crippen LogP contribution >= 0.6 is 11.6 Å². The molecule has 1 atom stereocenters. The molecule has 88 valence electrons. The summed E-state index contributed by atoms with van der Waals surface area (Å²) in [6.45, 7) is 0. The van der Waals surface area contributed by atoms with E-state index in [0.29, 0.717) is 6.05 Å². The van der Waals surface area contributed by atoms with E-state index < -0.39 is 0 Å². The molecule has 2 aliphatic rings. The Balaban J connectivity index is 2.17. The minimum Gasteiger partial charge on any atom is -0.338 e. The third kappa shape index (κ3) is 1.67.